The number of nitrogens with zero attached hydrogens (tertiary/aromatic N) is 3. The summed E-state index contributed by atoms with van der Waals surface area (Å²) in [5.41, 5.74) is 0.994. The third-order valence-electron chi connectivity index (χ3n) is 5.41. The fourth-order valence-corrected chi connectivity index (χ4v) is 3.51. The Kier molecular flexibility index (Phi) is 6.91. The fraction of sp³-hybridized carbons (Fsp3) is 0.333. The first-order valence-corrected chi connectivity index (χ1v) is 10.6. The maximum absolute atomic E-state index is 12.5. The molecular formula is C24H28N4O4. The first kappa shape index (κ1) is 21.7. The molecule has 0 radical (unpaired) electrons. The fourth-order valence-electron chi connectivity index (χ4n) is 3.51. The molecule has 32 heavy (non-hydrogen) atoms. The van der Waals surface area contributed by atoms with E-state index < -0.39 is 0 Å². The van der Waals surface area contributed by atoms with Gasteiger partial charge in [-0.25, -0.2) is 4.98 Å². The van der Waals surface area contributed by atoms with Gasteiger partial charge in [0, 0.05) is 38.9 Å². The summed E-state index contributed by atoms with van der Waals surface area (Å²) in [5.74, 6) is 2.74. The van der Waals surface area contributed by atoms with Gasteiger partial charge < -0.3 is 29.0 Å². The second-order valence-electron chi connectivity index (χ2n) is 7.70. The summed E-state index contributed by atoms with van der Waals surface area (Å²) in [4.78, 5) is 21.6. The van der Waals surface area contributed by atoms with Crippen molar-refractivity contribution in [3.8, 4) is 11.5 Å². The van der Waals surface area contributed by atoms with Crippen molar-refractivity contribution in [1.29, 1.82) is 0 Å². The summed E-state index contributed by atoms with van der Waals surface area (Å²) < 4.78 is 16.7. The number of anilines is 1. The van der Waals surface area contributed by atoms with Crippen LogP contribution in [0.4, 0.5) is 5.82 Å². The summed E-state index contributed by atoms with van der Waals surface area (Å²) in [5, 5.41) is 2.91. The summed E-state index contributed by atoms with van der Waals surface area (Å²) >= 11 is 0. The van der Waals surface area contributed by atoms with Crippen LogP contribution < -0.4 is 19.7 Å². The molecule has 3 heterocycles. The van der Waals surface area contributed by atoms with E-state index >= 15 is 0 Å². The minimum atomic E-state index is -0.272. The number of nitrogens with one attached hydrogen (secondary N) is 1. The van der Waals surface area contributed by atoms with Gasteiger partial charge in [-0.1, -0.05) is 12.1 Å². The van der Waals surface area contributed by atoms with Crippen LogP contribution in [0, 0.1) is 0 Å². The second-order valence-corrected chi connectivity index (χ2v) is 7.70. The minimum Gasteiger partial charge on any atom is -0.493 e. The van der Waals surface area contributed by atoms with E-state index in [4.69, 9.17) is 13.9 Å². The minimum absolute atomic E-state index is 0.201. The van der Waals surface area contributed by atoms with Crippen LogP contribution in [0.2, 0.25) is 0 Å². The molecule has 1 aliphatic rings. The molecule has 4 rings (SSSR count). The predicted molar refractivity (Wildman–Crippen MR) is 121 cm³/mol. The van der Waals surface area contributed by atoms with Crippen molar-refractivity contribution in [2.75, 3.05) is 45.2 Å². The molecule has 0 atom stereocenters. The number of hydrogen-bond donors (Lipinski definition) is 1. The molecule has 1 N–H and O–H groups in total. The van der Waals surface area contributed by atoms with Gasteiger partial charge in [0.05, 0.1) is 7.11 Å². The lowest BCUT2D eigenvalue weighted by atomic mass is 10.2. The number of para-hydroxylation sites is 2. The van der Waals surface area contributed by atoms with Crippen molar-refractivity contribution in [3.05, 3.63) is 71.8 Å². The van der Waals surface area contributed by atoms with Crippen molar-refractivity contribution in [2.24, 2.45) is 0 Å². The molecule has 1 amide bonds. The number of carbonyl (C=O) groups is 1. The van der Waals surface area contributed by atoms with Gasteiger partial charge in [-0.3, -0.25) is 4.79 Å². The molecular weight excluding hydrogens is 408 g/mol. The number of piperazine rings is 1. The Hall–Kier alpha value is -3.52. The van der Waals surface area contributed by atoms with Gasteiger partial charge in [-0.2, -0.15) is 0 Å². The van der Waals surface area contributed by atoms with Crippen LogP contribution in [0.3, 0.4) is 0 Å². The Bertz CT molecular complexity index is 1040. The van der Waals surface area contributed by atoms with E-state index in [1.54, 1.807) is 25.4 Å². The molecule has 1 aromatic carbocycles. The van der Waals surface area contributed by atoms with Crippen LogP contribution in [0.5, 0.6) is 11.5 Å². The number of benzene rings is 1. The molecule has 0 aliphatic carbocycles. The van der Waals surface area contributed by atoms with Crippen molar-refractivity contribution in [1.82, 2.24) is 15.2 Å². The highest BCUT2D eigenvalue weighted by Crippen LogP contribution is 2.26. The van der Waals surface area contributed by atoms with Crippen LogP contribution in [0.1, 0.15) is 21.9 Å². The van der Waals surface area contributed by atoms with E-state index in [9.17, 15) is 4.79 Å². The van der Waals surface area contributed by atoms with Crippen LogP contribution >= 0.6 is 0 Å². The number of likely N-dealkylation sites (N-methyl/N-ethyl adjacent to an activating group) is 1. The number of hydrogen-bond acceptors (Lipinski definition) is 7. The van der Waals surface area contributed by atoms with Gasteiger partial charge in [-0.15, -0.1) is 0 Å². The highest BCUT2D eigenvalue weighted by atomic mass is 16.5. The average Bonchev–Trinajstić information content (AvgIpc) is 3.31. The molecule has 1 saturated heterocycles. The Morgan fingerprint density at radius 3 is 2.66 bits per heavy atom. The van der Waals surface area contributed by atoms with E-state index in [2.05, 4.69) is 27.1 Å². The Balaban J connectivity index is 1.30. The van der Waals surface area contributed by atoms with Gasteiger partial charge in [0.25, 0.3) is 5.91 Å². The summed E-state index contributed by atoms with van der Waals surface area (Å²) in [6.07, 6.45) is 1.79. The summed E-state index contributed by atoms with van der Waals surface area (Å²) in [6, 6.07) is 14.7. The van der Waals surface area contributed by atoms with Crippen LogP contribution in [0.25, 0.3) is 0 Å². The summed E-state index contributed by atoms with van der Waals surface area (Å²) in [6.45, 7) is 4.54. The quantitative estimate of drug-likeness (QED) is 0.582. The zero-order chi connectivity index (χ0) is 22.3. The molecule has 8 heteroatoms. The molecule has 3 aromatic rings. The first-order chi connectivity index (χ1) is 15.6. The lowest BCUT2D eigenvalue weighted by Gasteiger charge is -2.33. The molecule has 0 spiro atoms. The third kappa shape index (κ3) is 5.39. The maximum atomic E-state index is 12.5. The number of carbonyl (C=O) groups excluding carboxylic acids is 1. The SMILES string of the molecule is COc1ccccc1OCc1ccc(C(=O)NCc2ccnc(N3CCN(C)CC3)c2)o1. The largest absolute Gasteiger partial charge is 0.493 e. The van der Waals surface area contributed by atoms with Gasteiger partial charge >= 0.3 is 0 Å². The molecule has 1 aliphatic heterocycles. The van der Waals surface area contributed by atoms with E-state index in [0.29, 0.717) is 23.8 Å². The molecule has 0 bridgehead atoms. The Labute approximate surface area is 187 Å². The van der Waals surface area contributed by atoms with Gasteiger partial charge in [-0.05, 0) is 49.0 Å². The zero-order valence-electron chi connectivity index (χ0n) is 18.4. The lowest BCUT2D eigenvalue weighted by molar-refractivity contribution is 0.0919. The highest BCUT2D eigenvalue weighted by Gasteiger charge is 2.16. The smallest absolute Gasteiger partial charge is 0.287 e. The first-order valence-electron chi connectivity index (χ1n) is 10.6. The lowest BCUT2D eigenvalue weighted by Crippen LogP contribution is -2.44. The summed E-state index contributed by atoms with van der Waals surface area (Å²) in [7, 11) is 3.72. The number of pyridine rings is 1. The number of aromatic nitrogens is 1. The third-order valence-corrected chi connectivity index (χ3v) is 5.41. The van der Waals surface area contributed by atoms with E-state index in [1.165, 1.54) is 0 Å². The van der Waals surface area contributed by atoms with Crippen LogP contribution in [-0.2, 0) is 13.2 Å². The number of rotatable bonds is 8. The number of furan rings is 1. The number of amides is 1. The highest BCUT2D eigenvalue weighted by molar-refractivity contribution is 5.91. The van der Waals surface area contributed by atoms with Gasteiger partial charge in [0.2, 0.25) is 0 Å². The van der Waals surface area contributed by atoms with E-state index in [0.717, 1.165) is 37.6 Å². The van der Waals surface area contributed by atoms with Crippen molar-refractivity contribution < 1.29 is 18.7 Å². The monoisotopic (exact) mass is 436 g/mol. The second kappa shape index (κ2) is 10.2. The molecule has 0 unspecified atom stereocenters. The maximum Gasteiger partial charge on any atom is 0.287 e. The Morgan fingerprint density at radius 2 is 1.88 bits per heavy atom. The number of ether oxygens (including phenoxy) is 2. The Morgan fingerprint density at radius 1 is 1.09 bits per heavy atom. The van der Waals surface area contributed by atoms with E-state index in [-0.39, 0.29) is 18.3 Å². The topological polar surface area (TPSA) is 80.1 Å². The molecule has 8 nitrogen and oxygen atoms in total. The van der Waals surface area contributed by atoms with Gasteiger partial charge in [0.15, 0.2) is 17.3 Å². The molecule has 2 aromatic heterocycles. The van der Waals surface area contributed by atoms with Gasteiger partial charge in [0.1, 0.15) is 18.2 Å². The van der Waals surface area contributed by atoms with Crippen molar-refractivity contribution in [2.45, 2.75) is 13.2 Å². The molecule has 0 saturated carbocycles. The predicted octanol–water partition coefficient (Wildman–Crippen LogP) is 2.94. The van der Waals surface area contributed by atoms with Crippen LogP contribution in [0.15, 0.2) is 59.1 Å². The van der Waals surface area contributed by atoms with Crippen LogP contribution in [-0.4, -0.2) is 56.1 Å². The zero-order valence-corrected chi connectivity index (χ0v) is 18.4. The normalized spacial score (nSPS) is 14.2. The number of methoxy groups -OCH3 is 1. The van der Waals surface area contributed by atoms with Crippen molar-refractivity contribution in [3.63, 3.8) is 0 Å². The standard InChI is InChI=1S/C24H28N4O4/c1-27-11-13-28(14-12-27)23-15-18(9-10-25-23)16-26-24(29)22-8-7-19(32-22)17-31-21-6-4-3-5-20(21)30-2/h3-10,15H,11-14,16-17H2,1-2H3,(H,26,29). The van der Waals surface area contributed by atoms with Crippen molar-refractivity contribution >= 4 is 11.7 Å². The average molecular weight is 437 g/mol. The molecule has 1 fully saturated rings. The molecule has 168 valence electrons. The van der Waals surface area contributed by atoms with E-state index in [1.807, 2.05) is 36.4 Å².